The van der Waals surface area contributed by atoms with Crippen LogP contribution < -0.4 is 4.90 Å². The third-order valence-electron chi connectivity index (χ3n) is 6.42. The van der Waals surface area contributed by atoms with Gasteiger partial charge in [0.2, 0.25) is 5.95 Å². The van der Waals surface area contributed by atoms with Gasteiger partial charge >= 0.3 is 0 Å². The Kier molecular flexibility index (Phi) is 4.87. The average Bonchev–Trinajstić information content (AvgIpc) is 3.59. The van der Waals surface area contributed by atoms with E-state index in [0.717, 1.165) is 42.1 Å². The summed E-state index contributed by atoms with van der Waals surface area (Å²) in [6.45, 7) is 5.30. The molecule has 0 saturated carbocycles. The van der Waals surface area contributed by atoms with E-state index in [1.807, 2.05) is 11.5 Å². The summed E-state index contributed by atoms with van der Waals surface area (Å²) < 4.78 is 37.3. The number of hydrogen-bond donors (Lipinski definition) is 0. The highest BCUT2D eigenvalue weighted by atomic mass is 19.1. The highest BCUT2D eigenvalue weighted by Crippen LogP contribution is 2.41. The van der Waals surface area contributed by atoms with E-state index in [4.69, 9.17) is 9.72 Å². The number of benzene rings is 1. The third-order valence-corrected chi connectivity index (χ3v) is 6.42. The van der Waals surface area contributed by atoms with E-state index < -0.39 is 11.6 Å². The average molecular weight is 464 g/mol. The van der Waals surface area contributed by atoms with Gasteiger partial charge in [0.25, 0.3) is 0 Å². The summed E-state index contributed by atoms with van der Waals surface area (Å²) in [6, 6.07) is 3.51. The van der Waals surface area contributed by atoms with Gasteiger partial charge in [-0.15, -0.1) is 10.2 Å². The first-order chi connectivity index (χ1) is 16.6. The fraction of sp³-hybridized carbons (Fsp3) is 0.348. The molecule has 9 nitrogen and oxygen atoms in total. The van der Waals surface area contributed by atoms with E-state index in [0.29, 0.717) is 19.2 Å². The molecule has 5 heterocycles. The molecule has 0 N–H and O–H groups in total. The zero-order valence-electron chi connectivity index (χ0n) is 18.7. The standard InChI is InChI=1S/C23H22F2N8O/c1-3-18-22-30-29-13(2)32(22)19-11-27-23(28-21(19)33(18)15-6-9-34-12-15)31-8-7-26-20(31)16-5-4-14(24)10-17(16)25/h4-5,7-8,10-11,15,18H,3,6,9,12H2,1-2H3/t15?,18-/m1/s1. The van der Waals surface area contributed by atoms with E-state index in [9.17, 15) is 8.78 Å². The van der Waals surface area contributed by atoms with Crippen LogP contribution in [0.5, 0.6) is 0 Å². The van der Waals surface area contributed by atoms with Crippen LogP contribution in [0.2, 0.25) is 0 Å². The molecule has 0 spiro atoms. The van der Waals surface area contributed by atoms with Crippen LogP contribution >= 0.6 is 0 Å². The van der Waals surface area contributed by atoms with Crippen molar-refractivity contribution in [3.63, 3.8) is 0 Å². The fourth-order valence-corrected chi connectivity index (χ4v) is 4.87. The van der Waals surface area contributed by atoms with E-state index in [-0.39, 0.29) is 23.5 Å². The number of ether oxygens (including phenoxy) is 1. The van der Waals surface area contributed by atoms with Gasteiger partial charge in [-0.3, -0.25) is 9.13 Å². The minimum absolute atomic E-state index is 0.0278. The summed E-state index contributed by atoms with van der Waals surface area (Å²) in [5, 5.41) is 8.77. The lowest BCUT2D eigenvalue weighted by molar-refractivity contribution is 0.191. The van der Waals surface area contributed by atoms with Crippen molar-refractivity contribution < 1.29 is 13.5 Å². The number of aromatic nitrogens is 7. The number of hydrogen-bond acceptors (Lipinski definition) is 7. The molecular formula is C23H22F2N8O. The van der Waals surface area contributed by atoms with Crippen molar-refractivity contribution in [1.82, 2.24) is 34.3 Å². The number of fused-ring (bicyclic) bond motifs is 3. The van der Waals surface area contributed by atoms with E-state index in [2.05, 4.69) is 32.0 Å². The Bertz CT molecular complexity index is 1380. The predicted octanol–water partition coefficient (Wildman–Crippen LogP) is 3.56. The summed E-state index contributed by atoms with van der Waals surface area (Å²) in [5.74, 6) is 1.62. The number of rotatable bonds is 4. The number of nitrogens with zero attached hydrogens (tertiary/aromatic N) is 8. The molecule has 1 aromatic carbocycles. The van der Waals surface area contributed by atoms with Crippen LogP contribution in [0, 0.1) is 18.6 Å². The molecule has 2 atom stereocenters. The molecule has 1 fully saturated rings. The van der Waals surface area contributed by atoms with E-state index in [1.165, 1.54) is 12.1 Å². The Morgan fingerprint density at radius 1 is 1.18 bits per heavy atom. The molecule has 2 aliphatic rings. The first kappa shape index (κ1) is 20.8. The molecule has 0 radical (unpaired) electrons. The Labute approximate surface area is 194 Å². The number of aryl methyl sites for hydroxylation is 1. The van der Waals surface area contributed by atoms with Gasteiger partial charge in [-0.2, -0.15) is 4.98 Å². The predicted molar refractivity (Wildman–Crippen MR) is 119 cm³/mol. The van der Waals surface area contributed by atoms with Gasteiger partial charge in [-0.1, -0.05) is 6.92 Å². The van der Waals surface area contributed by atoms with Crippen molar-refractivity contribution in [2.45, 2.75) is 38.8 Å². The van der Waals surface area contributed by atoms with Crippen LogP contribution in [0.1, 0.15) is 37.5 Å². The van der Waals surface area contributed by atoms with E-state index in [1.54, 1.807) is 23.2 Å². The normalized spacial score (nSPS) is 19.4. The Morgan fingerprint density at radius 2 is 2.06 bits per heavy atom. The molecule has 11 heteroatoms. The quantitative estimate of drug-likeness (QED) is 0.456. The molecule has 0 aliphatic carbocycles. The first-order valence-corrected chi connectivity index (χ1v) is 11.2. The number of halogens is 2. The maximum atomic E-state index is 14.5. The monoisotopic (exact) mass is 464 g/mol. The zero-order chi connectivity index (χ0) is 23.4. The third kappa shape index (κ3) is 3.11. The zero-order valence-corrected chi connectivity index (χ0v) is 18.7. The van der Waals surface area contributed by atoms with Crippen molar-refractivity contribution in [2.75, 3.05) is 18.1 Å². The molecule has 1 saturated heterocycles. The largest absolute Gasteiger partial charge is 0.379 e. The summed E-state index contributed by atoms with van der Waals surface area (Å²) >= 11 is 0. The Hall–Kier alpha value is -3.73. The van der Waals surface area contributed by atoms with Crippen molar-refractivity contribution >= 4 is 5.82 Å². The smallest absolute Gasteiger partial charge is 0.237 e. The van der Waals surface area contributed by atoms with E-state index >= 15 is 0 Å². The van der Waals surface area contributed by atoms with Crippen molar-refractivity contribution in [2.24, 2.45) is 0 Å². The minimum atomic E-state index is -0.703. The minimum Gasteiger partial charge on any atom is -0.379 e. The summed E-state index contributed by atoms with van der Waals surface area (Å²) in [4.78, 5) is 16.1. The first-order valence-electron chi connectivity index (χ1n) is 11.2. The van der Waals surface area contributed by atoms with Gasteiger partial charge in [0.1, 0.15) is 29.0 Å². The topological polar surface area (TPSA) is 86.8 Å². The van der Waals surface area contributed by atoms with Crippen LogP contribution in [0.15, 0.2) is 36.8 Å². The molecule has 3 aromatic heterocycles. The lowest BCUT2D eigenvalue weighted by Crippen LogP contribution is -2.43. The Balaban J connectivity index is 1.53. The molecule has 1 unspecified atom stereocenters. The molecule has 6 rings (SSSR count). The molecule has 174 valence electrons. The van der Waals surface area contributed by atoms with Crippen LogP contribution in [-0.2, 0) is 4.74 Å². The molecule has 2 aliphatic heterocycles. The highest BCUT2D eigenvalue weighted by molar-refractivity contribution is 5.64. The van der Waals surface area contributed by atoms with Gasteiger partial charge in [0, 0.05) is 25.1 Å². The molecule has 4 aromatic rings. The summed E-state index contributed by atoms with van der Waals surface area (Å²) in [5.41, 5.74) is 0.949. The lowest BCUT2D eigenvalue weighted by atomic mass is 10.0. The Morgan fingerprint density at radius 3 is 2.82 bits per heavy atom. The molecule has 0 bridgehead atoms. The summed E-state index contributed by atoms with van der Waals surface area (Å²) in [6.07, 6.45) is 6.62. The van der Waals surface area contributed by atoms with Gasteiger partial charge in [0.15, 0.2) is 11.6 Å². The lowest BCUT2D eigenvalue weighted by Gasteiger charge is -2.40. The number of imidazole rings is 1. The second kappa shape index (κ2) is 7.94. The second-order valence-electron chi connectivity index (χ2n) is 8.41. The van der Waals surface area contributed by atoms with Crippen LogP contribution in [0.4, 0.5) is 14.6 Å². The van der Waals surface area contributed by atoms with Crippen LogP contribution in [0.25, 0.3) is 23.0 Å². The fourth-order valence-electron chi connectivity index (χ4n) is 4.87. The van der Waals surface area contributed by atoms with Crippen molar-refractivity contribution in [3.8, 4) is 23.0 Å². The molecule has 34 heavy (non-hydrogen) atoms. The van der Waals surface area contributed by atoms with Gasteiger partial charge in [0.05, 0.1) is 30.5 Å². The van der Waals surface area contributed by atoms with Gasteiger partial charge in [-0.05, 0) is 31.9 Å². The summed E-state index contributed by atoms with van der Waals surface area (Å²) in [7, 11) is 0. The highest BCUT2D eigenvalue weighted by Gasteiger charge is 2.40. The van der Waals surface area contributed by atoms with Gasteiger partial charge < -0.3 is 9.64 Å². The molecule has 0 amide bonds. The molecular weight excluding hydrogens is 442 g/mol. The van der Waals surface area contributed by atoms with Crippen molar-refractivity contribution in [1.29, 1.82) is 0 Å². The SMILES string of the molecule is CC[C@@H]1c2nnc(C)n2-c2cnc(-n3ccnc3-c3ccc(F)cc3F)nc2N1C1CCOC1. The van der Waals surface area contributed by atoms with Crippen LogP contribution in [-0.4, -0.2) is 53.5 Å². The second-order valence-corrected chi connectivity index (χ2v) is 8.41. The van der Waals surface area contributed by atoms with Crippen LogP contribution in [0.3, 0.4) is 0 Å². The maximum absolute atomic E-state index is 14.5. The number of anilines is 1. The van der Waals surface area contributed by atoms with Gasteiger partial charge in [-0.25, -0.2) is 18.7 Å². The maximum Gasteiger partial charge on any atom is 0.237 e. The van der Waals surface area contributed by atoms with Crippen molar-refractivity contribution in [3.05, 3.63) is 60.1 Å².